The summed E-state index contributed by atoms with van der Waals surface area (Å²) in [6, 6.07) is 0. The number of hydrogen-bond acceptors (Lipinski definition) is 4. The van der Waals surface area contributed by atoms with Gasteiger partial charge in [0.1, 0.15) is 0 Å². The highest BCUT2D eigenvalue weighted by atomic mass is 32.2. The lowest BCUT2D eigenvalue weighted by molar-refractivity contribution is -0.0617. The minimum absolute atomic E-state index is 0.0891. The van der Waals surface area contributed by atoms with Gasteiger partial charge in [0.05, 0.1) is 19.3 Å². The Morgan fingerprint density at radius 2 is 1.80 bits per heavy atom. The largest absolute Gasteiger partial charge is 0.373 e. The van der Waals surface area contributed by atoms with E-state index in [2.05, 4.69) is 0 Å². The van der Waals surface area contributed by atoms with Crippen molar-refractivity contribution in [3.05, 3.63) is 0 Å². The van der Waals surface area contributed by atoms with E-state index >= 15 is 0 Å². The minimum atomic E-state index is -3.51. The molecular formula is C8H18N2O4S. The van der Waals surface area contributed by atoms with Crippen molar-refractivity contribution in [3.63, 3.8) is 0 Å². The van der Waals surface area contributed by atoms with Gasteiger partial charge in [-0.3, -0.25) is 4.84 Å². The van der Waals surface area contributed by atoms with Crippen molar-refractivity contribution in [2.45, 2.75) is 26.1 Å². The fourth-order valence-corrected chi connectivity index (χ4v) is 2.89. The number of hydroxylamine groups is 1. The molecule has 0 N–H and O–H groups in total. The summed E-state index contributed by atoms with van der Waals surface area (Å²) < 4.78 is 31.4. The van der Waals surface area contributed by atoms with Crippen LogP contribution >= 0.6 is 0 Å². The Labute approximate surface area is 90.9 Å². The highest BCUT2D eigenvalue weighted by Crippen LogP contribution is 2.16. The van der Waals surface area contributed by atoms with Crippen molar-refractivity contribution in [2.24, 2.45) is 0 Å². The van der Waals surface area contributed by atoms with Crippen LogP contribution in [0, 0.1) is 0 Å². The van der Waals surface area contributed by atoms with E-state index in [9.17, 15) is 8.42 Å². The van der Waals surface area contributed by atoms with Crippen molar-refractivity contribution in [2.75, 3.05) is 27.2 Å². The second-order valence-electron chi connectivity index (χ2n) is 3.67. The van der Waals surface area contributed by atoms with Crippen LogP contribution in [0.25, 0.3) is 0 Å². The number of rotatable bonds is 3. The van der Waals surface area contributed by atoms with Crippen LogP contribution in [0.4, 0.5) is 0 Å². The third-order valence-electron chi connectivity index (χ3n) is 2.29. The second-order valence-corrected chi connectivity index (χ2v) is 5.60. The van der Waals surface area contributed by atoms with Gasteiger partial charge in [0.15, 0.2) is 0 Å². The molecule has 1 aliphatic rings. The second kappa shape index (κ2) is 4.75. The average molecular weight is 238 g/mol. The Bertz CT molecular complexity index is 296. The van der Waals surface area contributed by atoms with Gasteiger partial charge in [0.25, 0.3) is 0 Å². The van der Waals surface area contributed by atoms with E-state index in [4.69, 9.17) is 9.57 Å². The minimum Gasteiger partial charge on any atom is -0.373 e. The van der Waals surface area contributed by atoms with Crippen LogP contribution in [0.1, 0.15) is 13.8 Å². The molecule has 0 bridgehead atoms. The van der Waals surface area contributed by atoms with Crippen LogP contribution in [-0.4, -0.2) is 56.6 Å². The van der Waals surface area contributed by atoms with Gasteiger partial charge >= 0.3 is 10.2 Å². The predicted molar refractivity (Wildman–Crippen MR) is 55.3 cm³/mol. The third-order valence-corrected chi connectivity index (χ3v) is 4.04. The van der Waals surface area contributed by atoms with E-state index in [0.29, 0.717) is 13.1 Å². The average Bonchev–Trinajstić information content (AvgIpc) is 2.15. The van der Waals surface area contributed by atoms with Gasteiger partial charge in [0.2, 0.25) is 0 Å². The first-order chi connectivity index (χ1) is 6.87. The van der Waals surface area contributed by atoms with Crippen LogP contribution in [0.3, 0.4) is 0 Å². The first-order valence-corrected chi connectivity index (χ1v) is 6.21. The van der Waals surface area contributed by atoms with E-state index in [1.807, 2.05) is 13.8 Å². The normalized spacial score (nSPS) is 29.7. The van der Waals surface area contributed by atoms with E-state index in [0.717, 1.165) is 4.47 Å². The first-order valence-electron chi connectivity index (χ1n) is 4.81. The molecule has 0 aliphatic carbocycles. The zero-order valence-electron chi connectivity index (χ0n) is 9.50. The molecule has 6 nitrogen and oxygen atoms in total. The monoisotopic (exact) mass is 238 g/mol. The van der Waals surface area contributed by atoms with Crippen molar-refractivity contribution in [3.8, 4) is 0 Å². The van der Waals surface area contributed by atoms with Gasteiger partial charge in [-0.25, -0.2) is 0 Å². The van der Waals surface area contributed by atoms with Crippen molar-refractivity contribution >= 4 is 10.2 Å². The fraction of sp³-hybridized carbons (Fsp3) is 1.00. The maximum atomic E-state index is 11.9. The Hall–Kier alpha value is -0.210. The molecule has 0 aromatic rings. The van der Waals surface area contributed by atoms with Crippen molar-refractivity contribution < 1.29 is 18.0 Å². The summed E-state index contributed by atoms with van der Waals surface area (Å²) >= 11 is 0. The molecule has 1 saturated heterocycles. The summed E-state index contributed by atoms with van der Waals surface area (Å²) in [5.41, 5.74) is 0. The fourth-order valence-electron chi connectivity index (χ4n) is 1.58. The van der Waals surface area contributed by atoms with Crippen LogP contribution in [0.2, 0.25) is 0 Å². The highest BCUT2D eigenvalue weighted by molar-refractivity contribution is 7.86. The molecule has 90 valence electrons. The summed E-state index contributed by atoms with van der Waals surface area (Å²) in [6.07, 6.45) is -0.178. The van der Waals surface area contributed by atoms with E-state index in [-0.39, 0.29) is 12.2 Å². The zero-order valence-corrected chi connectivity index (χ0v) is 10.3. The van der Waals surface area contributed by atoms with E-state index in [1.165, 1.54) is 18.5 Å². The molecule has 1 heterocycles. The summed E-state index contributed by atoms with van der Waals surface area (Å²) in [5, 5.41) is 0. The van der Waals surface area contributed by atoms with Crippen molar-refractivity contribution in [1.29, 1.82) is 0 Å². The molecule has 0 amide bonds. The summed E-state index contributed by atoms with van der Waals surface area (Å²) in [7, 11) is -0.814. The van der Waals surface area contributed by atoms with Gasteiger partial charge in [-0.1, -0.05) is 4.47 Å². The maximum absolute atomic E-state index is 11.9. The topological polar surface area (TPSA) is 59.1 Å². The smallest absolute Gasteiger partial charge is 0.304 e. The van der Waals surface area contributed by atoms with Crippen LogP contribution in [-0.2, 0) is 19.8 Å². The molecule has 1 aliphatic heterocycles. The molecule has 15 heavy (non-hydrogen) atoms. The molecule has 2 atom stereocenters. The van der Waals surface area contributed by atoms with Crippen LogP contribution in [0.15, 0.2) is 0 Å². The Morgan fingerprint density at radius 3 is 2.20 bits per heavy atom. The Morgan fingerprint density at radius 1 is 1.33 bits per heavy atom. The quantitative estimate of drug-likeness (QED) is 0.641. The molecule has 0 radical (unpaired) electrons. The van der Waals surface area contributed by atoms with Gasteiger partial charge in [-0.15, -0.1) is 0 Å². The predicted octanol–water partition coefficient (Wildman–Crippen LogP) is -0.166. The van der Waals surface area contributed by atoms with Crippen molar-refractivity contribution in [1.82, 2.24) is 8.77 Å². The number of morpholine rings is 1. The van der Waals surface area contributed by atoms with Gasteiger partial charge in [0, 0.05) is 20.1 Å². The summed E-state index contributed by atoms with van der Waals surface area (Å²) in [5.74, 6) is 0. The Kier molecular flexibility index (Phi) is 4.07. The molecule has 0 spiro atoms. The first kappa shape index (κ1) is 12.9. The summed E-state index contributed by atoms with van der Waals surface area (Å²) in [4.78, 5) is 4.70. The molecule has 0 saturated carbocycles. The molecule has 0 aromatic heterocycles. The van der Waals surface area contributed by atoms with Gasteiger partial charge in [-0.05, 0) is 13.8 Å². The van der Waals surface area contributed by atoms with E-state index in [1.54, 1.807) is 0 Å². The van der Waals surface area contributed by atoms with Gasteiger partial charge < -0.3 is 4.74 Å². The zero-order chi connectivity index (χ0) is 11.6. The molecule has 2 unspecified atom stereocenters. The lowest BCUT2D eigenvalue weighted by atomic mass is 10.3. The molecule has 0 aromatic carbocycles. The molecule has 1 rings (SSSR count). The lowest BCUT2D eigenvalue weighted by Crippen LogP contribution is -2.52. The van der Waals surface area contributed by atoms with E-state index < -0.39 is 10.2 Å². The number of hydrogen-bond donors (Lipinski definition) is 0. The van der Waals surface area contributed by atoms with Crippen LogP contribution < -0.4 is 0 Å². The van der Waals surface area contributed by atoms with Crippen LogP contribution in [0.5, 0.6) is 0 Å². The number of ether oxygens (including phenoxy) is 1. The highest BCUT2D eigenvalue weighted by Gasteiger charge is 2.33. The standard InChI is InChI=1S/C8H18N2O4S/c1-7-5-10(6-8(2)14-7)15(11,12)9(3)13-4/h7-8H,5-6H2,1-4H3. The SMILES string of the molecule is CON(C)S(=O)(=O)N1CC(C)OC(C)C1. The third kappa shape index (κ3) is 2.88. The molecule has 7 heteroatoms. The molecule has 1 fully saturated rings. The lowest BCUT2D eigenvalue weighted by Gasteiger charge is -2.35. The van der Waals surface area contributed by atoms with Gasteiger partial charge in [-0.2, -0.15) is 12.7 Å². The Balaban J connectivity index is 2.79. The summed E-state index contributed by atoms with van der Waals surface area (Å²) in [6.45, 7) is 4.43. The maximum Gasteiger partial charge on any atom is 0.304 e. The molecular weight excluding hydrogens is 220 g/mol. The number of nitrogens with zero attached hydrogens (tertiary/aromatic N) is 2.